The van der Waals surface area contributed by atoms with Gasteiger partial charge in [0.15, 0.2) is 0 Å². The van der Waals surface area contributed by atoms with Crippen LogP contribution in [-0.4, -0.2) is 51.3 Å². The lowest BCUT2D eigenvalue weighted by molar-refractivity contribution is 0.118. The van der Waals surface area contributed by atoms with Crippen LogP contribution < -0.4 is 5.32 Å². The molecule has 0 heterocycles. The van der Waals surface area contributed by atoms with Gasteiger partial charge in [-0.15, -0.1) is 0 Å². The average Bonchev–Trinajstić information content (AvgIpc) is 2.69. The lowest BCUT2D eigenvalue weighted by Crippen LogP contribution is -2.46. The Morgan fingerprint density at radius 1 is 1.26 bits per heavy atom. The minimum Gasteiger partial charge on any atom is -0.383 e. The third-order valence-electron chi connectivity index (χ3n) is 6.36. The Hall–Kier alpha value is -0.120. The molecule has 3 heteroatoms. The molecule has 0 saturated heterocycles. The standard InChI is InChI=1S/C16H32N2O/c1-15(2)13-6-7-16(15,3)14(12-13)17-8-9-18(4)10-11-19-5/h13-14,17H,6-12H2,1-5H3. The summed E-state index contributed by atoms with van der Waals surface area (Å²) in [5.41, 5.74) is 1.02. The molecule has 0 aromatic rings. The molecule has 2 bridgehead atoms. The molecule has 0 aromatic carbocycles. The SMILES string of the molecule is COCCN(C)CCNC1CC2CCC1(C)C2(C)C. The molecule has 3 unspecified atom stereocenters. The number of rotatable bonds is 7. The van der Waals surface area contributed by atoms with Gasteiger partial charge in [0.25, 0.3) is 0 Å². The third-order valence-corrected chi connectivity index (χ3v) is 6.36. The van der Waals surface area contributed by atoms with Gasteiger partial charge in [-0.2, -0.15) is 0 Å². The van der Waals surface area contributed by atoms with Crippen LogP contribution in [-0.2, 0) is 4.74 Å². The lowest BCUT2D eigenvalue weighted by atomic mass is 9.69. The molecule has 0 spiro atoms. The zero-order chi connectivity index (χ0) is 14.1. The molecule has 3 atom stereocenters. The van der Waals surface area contributed by atoms with Gasteiger partial charge in [-0.05, 0) is 43.1 Å². The molecule has 112 valence electrons. The van der Waals surface area contributed by atoms with E-state index in [-0.39, 0.29) is 0 Å². The Balaban J connectivity index is 1.76. The first-order chi connectivity index (χ1) is 8.91. The monoisotopic (exact) mass is 268 g/mol. The Bertz CT molecular complexity index is 305. The Kier molecular flexibility index (Phi) is 4.59. The summed E-state index contributed by atoms with van der Waals surface area (Å²) < 4.78 is 5.11. The minimum atomic E-state index is 0.503. The highest BCUT2D eigenvalue weighted by molar-refractivity contribution is 5.12. The van der Waals surface area contributed by atoms with E-state index in [4.69, 9.17) is 4.74 Å². The molecule has 0 amide bonds. The summed E-state index contributed by atoms with van der Waals surface area (Å²) in [5.74, 6) is 0.932. The van der Waals surface area contributed by atoms with Crippen molar-refractivity contribution in [2.24, 2.45) is 16.7 Å². The van der Waals surface area contributed by atoms with E-state index in [9.17, 15) is 0 Å². The molecule has 19 heavy (non-hydrogen) atoms. The van der Waals surface area contributed by atoms with Crippen molar-refractivity contribution in [3.05, 3.63) is 0 Å². The van der Waals surface area contributed by atoms with Gasteiger partial charge in [-0.3, -0.25) is 0 Å². The molecule has 2 saturated carbocycles. The highest BCUT2D eigenvalue weighted by atomic mass is 16.5. The van der Waals surface area contributed by atoms with Crippen molar-refractivity contribution in [2.75, 3.05) is 40.4 Å². The molecule has 2 fully saturated rings. The van der Waals surface area contributed by atoms with E-state index in [0.717, 1.165) is 38.2 Å². The molecule has 0 radical (unpaired) electrons. The van der Waals surface area contributed by atoms with Crippen molar-refractivity contribution in [3.8, 4) is 0 Å². The molecule has 1 N–H and O–H groups in total. The molecule has 0 aromatic heterocycles. The number of hydrogen-bond donors (Lipinski definition) is 1. The molecule has 0 aliphatic heterocycles. The maximum atomic E-state index is 5.11. The second-order valence-corrected chi connectivity index (χ2v) is 7.41. The molecule has 2 aliphatic rings. The Morgan fingerprint density at radius 3 is 2.53 bits per heavy atom. The number of nitrogens with one attached hydrogen (secondary N) is 1. The number of nitrogens with zero attached hydrogens (tertiary/aromatic N) is 1. The summed E-state index contributed by atoms with van der Waals surface area (Å²) >= 11 is 0. The van der Waals surface area contributed by atoms with Gasteiger partial charge in [-0.1, -0.05) is 20.8 Å². The van der Waals surface area contributed by atoms with Crippen LogP contribution in [0.25, 0.3) is 0 Å². The van der Waals surface area contributed by atoms with Gasteiger partial charge in [-0.25, -0.2) is 0 Å². The molecule has 2 aliphatic carbocycles. The zero-order valence-corrected chi connectivity index (χ0v) is 13.5. The van der Waals surface area contributed by atoms with Gasteiger partial charge in [0.05, 0.1) is 6.61 Å². The predicted molar refractivity (Wildman–Crippen MR) is 80.4 cm³/mol. The minimum absolute atomic E-state index is 0.503. The van der Waals surface area contributed by atoms with Gasteiger partial charge in [0, 0.05) is 32.8 Å². The highest BCUT2D eigenvalue weighted by Gasteiger charge is 2.60. The third kappa shape index (κ3) is 2.70. The van der Waals surface area contributed by atoms with Crippen LogP contribution in [0.1, 0.15) is 40.0 Å². The van der Waals surface area contributed by atoms with E-state index in [1.165, 1.54) is 19.3 Å². The summed E-state index contributed by atoms with van der Waals surface area (Å²) in [6.07, 6.45) is 4.22. The van der Waals surface area contributed by atoms with Crippen molar-refractivity contribution in [2.45, 2.75) is 46.1 Å². The van der Waals surface area contributed by atoms with Crippen LogP contribution in [0.2, 0.25) is 0 Å². The van der Waals surface area contributed by atoms with E-state index >= 15 is 0 Å². The normalized spacial score (nSPS) is 36.3. The number of hydrogen-bond acceptors (Lipinski definition) is 3. The molecule has 3 nitrogen and oxygen atoms in total. The van der Waals surface area contributed by atoms with Crippen LogP contribution in [0, 0.1) is 16.7 Å². The van der Waals surface area contributed by atoms with Gasteiger partial charge < -0.3 is 15.0 Å². The largest absolute Gasteiger partial charge is 0.383 e. The van der Waals surface area contributed by atoms with Crippen LogP contribution in [0.4, 0.5) is 0 Å². The van der Waals surface area contributed by atoms with E-state index in [1.54, 1.807) is 7.11 Å². The zero-order valence-electron chi connectivity index (χ0n) is 13.5. The molecular formula is C16H32N2O. The fourth-order valence-corrected chi connectivity index (χ4v) is 4.30. The van der Waals surface area contributed by atoms with E-state index in [2.05, 4.69) is 38.0 Å². The van der Waals surface area contributed by atoms with Crippen LogP contribution in [0.3, 0.4) is 0 Å². The van der Waals surface area contributed by atoms with E-state index in [0.29, 0.717) is 10.8 Å². The number of likely N-dealkylation sites (N-methyl/N-ethyl adjacent to an activating group) is 1. The summed E-state index contributed by atoms with van der Waals surface area (Å²) in [4.78, 5) is 2.34. The van der Waals surface area contributed by atoms with Crippen molar-refractivity contribution < 1.29 is 4.74 Å². The van der Waals surface area contributed by atoms with Crippen molar-refractivity contribution in [1.29, 1.82) is 0 Å². The van der Waals surface area contributed by atoms with Crippen LogP contribution >= 0.6 is 0 Å². The van der Waals surface area contributed by atoms with Gasteiger partial charge in [0.1, 0.15) is 0 Å². The van der Waals surface area contributed by atoms with Crippen molar-refractivity contribution in [3.63, 3.8) is 0 Å². The van der Waals surface area contributed by atoms with Gasteiger partial charge in [0.2, 0.25) is 0 Å². The highest BCUT2D eigenvalue weighted by Crippen LogP contribution is 2.65. The summed E-state index contributed by atoms with van der Waals surface area (Å²) in [6, 6.07) is 0.720. The molecular weight excluding hydrogens is 236 g/mol. The Morgan fingerprint density at radius 2 is 2.00 bits per heavy atom. The van der Waals surface area contributed by atoms with Crippen molar-refractivity contribution in [1.82, 2.24) is 10.2 Å². The number of ether oxygens (including phenoxy) is 1. The second-order valence-electron chi connectivity index (χ2n) is 7.41. The van der Waals surface area contributed by atoms with E-state index < -0.39 is 0 Å². The first-order valence-electron chi connectivity index (χ1n) is 7.82. The average molecular weight is 268 g/mol. The van der Waals surface area contributed by atoms with Crippen LogP contribution in [0.5, 0.6) is 0 Å². The first kappa shape index (κ1) is 15.3. The fourth-order valence-electron chi connectivity index (χ4n) is 4.30. The lowest BCUT2D eigenvalue weighted by Gasteiger charge is -2.40. The van der Waals surface area contributed by atoms with E-state index in [1.807, 2.05) is 0 Å². The van der Waals surface area contributed by atoms with Gasteiger partial charge >= 0.3 is 0 Å². The van der Waals surface area contributed by atoms with Crippen LogP contribution in [0.15, 0.2) is 0 Å². The molecule has 2 rings (SSSR count). The number of methoxy groups -OCH3 is 1. The summed E-state index contributed by atoms with van der Waals surface area (Å²) in [5, 5.41) is 3.83. The predicted octanol–water partition coefficient (Wildman–Crippen LogP) is 2.37. The summed E-state index contributed by atoms with van der Waals surface area (Å²) in [7, 11) is 3.94. The van der Waals surface area contributed by atoms with Crippen molar-refractivity contribution >= 4 is 0 Å². The maximum absolute atomic E-state index is 5.11. The first-order valence-corrected chi connectivity index (χ1v) is 7.82. The fraction of sp³-hybridized carbons (Fsp3) is 1.00. The Labute approximate surface area is 119 Å². The summed E-state index contributed by atoms with van der Waals surface area (Å²) in [6.45, 7) is 11.5. The smallest absolute Gasteiger partial charge is 0.0589 e. The quantitative estimate of drug-likeness (QED) is 0.767. The maximum Gasteiger partial charge on any atom is 0.0589 e. The number of fused-ring (bicyclic) bond motifs is 2. The second kappa shape index (κ2) is 5.71. The topological polar surface area (TPSA) is 24.5 Å².